The maximum Gasteiger partial charge on any atom is 0.0836 e. The third-order valence-electron chi connectivity index (χ3n) is 2.35. The highest BCUT2D eigenvalue weighted by molar-refractivity contribution is 6.43. The lowest BCUT2D eigenvalue weighted by Crippen LogP contribution is -2.46. The molecule has 3 nitrogen and oxygen atoms in total. The van der Waals surface area contributed by atoms with Crippen LogP contribution in [0, 0.1) is 0 Å². The fourth-order valence-corrected chi connectivity index (χ4v) is 1.88. The van der Waals surface area contributed by atoms with Gasteiger partial charge in [-0.2, -0.15) is 0 Å². The minimum atomic E-state index is 0.580. The molecule has 0 spiro atoms. The number of hydrogen-bond acceptors (Lipinski definition) is 3. The lowest BCUT2D eigenvalue weighted by molar-refractivity contribution is 0.287. The average Bonchev–Trinajstić information content (AvgIpc) is 2.26. The molecule has 1 aromatic carbocycles. The fraction of sp³-hybridized carbons (Fsp3) is 0.400. The number of hydrogen-bond donors (Lipinski definition) is 2. The minimum absolute atomic E-state index is 0.580. The quantitative estimate of drug-likeness (QED) is 0.837. The van der Waals surface area contributed by atoms with E-state index in [1.807, 2.05) is 12.1 Å². The molecule has 15 heavy (non-hydrogen) atoms. The first-order valence-electron chi connectivity index (χ1n) is 4.94. The Balaban J connectivity index is 2.06. The molecule has 2 rings (SSSR count). The van der Waals surface area contributed by atoms with Gasteiger partial charge < -0.3 is 10.7 Å². The van der Waals surface area contributed by atoms with Gasteiger partial charge in [0.25, 0.3) is 0 Å². The zero-order valence-electron chi connectivity index (χ0n) is 8.26. The molecule has 0 bridgehead atoms. The average molecular weight is 246 g/mol. The standard InChI is InChI=1S/C10H13Cl2N3/c11-8-2-1-3-9(10(8)12)14-15-6-4-13-5-7-15/h1-3,13-14H,4-7H2. The molecular weight excluding hydrogens is 233 g/mol. The van der Waals surface area contributed by atoms with E-state index in [4.69, 9.17) is 23.2 Å². The van der Waals surface area contributed by atoms with Gasteiger partial charge in [-0.15, -0.1) is 0 Å². The van der Waals surface area contributed by atoms with Crippen LogP contribution < -0.4 is 10.7 Å². The topological polar surface area (TPSA) is 27.3 Å². The zero-order chi connectivity index (χ0) is 10.7. The Morgan fingerprint density at radius 1 is 1.20 bits per heavy atom. The monoisotopic (exact) mass is 245 g/mol. The third kappa shape index (κ3) is 2.75. The molecule has 1 heterocycles. The van der Waals surface area contributed by atoms with Crippen LogP contribution in [-0.2, 0) is 0 Å². The van der Waals surface area contributed by atoms with Crippen LogP contribution in [0.4, 0.5) is 5.69 Å². The Hall–Kier alpha value is -0.480. The molecule has 0 radical (unpaired) electrons. The first kappa shape index (κ1) is 11.0. The molecule has 1 saturated heterocycles. The molecule has 0 aliphatic carbocycles. The van der Waals surface area contributed by atoms with E-state index in [1.54, 1.807) is 6.07 Å². The van der Waals surface area contributed by atoms with Crippen molar-refractivity contribution < 1.29 is 0 Å². The van der Waals surface area contributed by atoms with Crippen molar-refractivity contribution in [2.45, 2.75) is 0 Å². The Bertz CT molecular complexity index is 337. The van der Waals surface area contributed by atoms with Crippen molar-refractivity contribution in [1.82, 2.24) is 10.3 Å². The summed E-state index contributed by atoms with van der Waals surface area (Å²) in [6, 6.07) is 5.60. The number of benzene rings is 1. The van der Waals surface area contributed by atoms with Crippen LogP contribution in [0.15, 0.2) is 18.2 Å². The van der Waals surface area contributed by atoms with Crippen LogP contribution in [0.2, 0.25) is 10.0 Å². The summed E-state index contributed by atoms with van der Waals surface area (Å²) in [4.78, 5) is 0. The predicted molar refractivity (Wildman–Crippen MR) is 64.5 cm³/mol. The number of piperazine rings is 1. The van der Waals surface area contributed by atoms with Crippen molar-refractivity contribution in [2.75, 3.05) is 31.6 Å². The molecular formula is C10H13Cl2N3. The van der Waals surface area contributed by atoms with E-state index >= 15 is 0 Å². The SMILES string of the molecule is Clc1cccc(NN2CCNCC2)c1Cl. The van der Waals surface area contributed by atoms with Crippen LogP contribution in [0.5, 0.6) is 0 Å². The molecule has 0 amide bonds. The van der Waals surface area contributed by atoms with Gasteiger partial charge in [0.2, 0.25) is 0 Å². The largest absolute Gasteiger partial charge is 0.317 e. The summed E-state index contributed by atoms with van der Waals surface area (Å²) in [7, 11) is 0. The van der Waals surface area contributed by atoms with Crippen LogP contribution in [-0.4, -0.2) is 31.2 Å². The molecule has 1 aliphatic heterocycles. The number of nitrogens with zero attached hydrogens (tertiary/aromatic N) is 1. The van der Waals surface area contributed by atoms with Crippen molar-refractivity contribution in [1.29, 1.82) is 0 Å². The summed E-state index contributed by atoms with van der Waals surface area (Å²) < 4.78 is 0. The van der Waals surface area contributed by atoms with Gasteiger partial charge >= 0.3 is 0 Å². The number of nitrogens with one attached hydrogen (secondary N) is 2. The zero-order valence-corrected chi connectivity index (χ0v) is 9.78. The summed E-state index contributed by atoms with van der Waals surface area (Å²) in [6.07, 6.45) is 0. The predicted octanol–water partition coefficient (Wildman–Crippen LogP) is 2.23. The van der Waals surface area contributed by atoms with Crippen molar-refractivity contribution in [2.24, 2.45) is 0 Å². The fourth-order valence-electron chi connectivity index (χ4n) is 1.54. The minimum Gasteiger partial charge on any atom is -0.317 e. The highest BCUT2D eigenvalue weighted by Gasteiger charge is 2.11. The summed E-state index contributed by atoms with van der Waals surface area (Å²) in [6.45, 7) is 3.90. The van der Waals surface area contributed by atoms with E-state index in [2.05, 4.69) is 15.8 Å². The number of anilines is 1. The van der Waals surface area contributed by atoms with Crippen molar-refractivity contribution in [3.05, 3.63) is 28.2 Å². The number of hydrazine groups is 1. The van der Waals surface area contributed by atoms with Crippen LogP contribution in [0.25, 0.3) is 0 Å². The lowest BCUT2D eigenvalue weighted by atomic mass is 10.3. The maximum absolute atomic E-state index is 6.08. The van der Waals surface area contributed by atoms with Crippen molar-refractivity contribution in [3.63, 3.8) is 0 Å². The molecule has 82 valence electrons. The first-order chi connectivity index (χ1) is 7.27. The molecule has 0 aromatic heterocycles. The Morgan fingerprint density at radius 2 is 1.93 bits per heavy atom. The molecule has 1 aromatic rings. The van der Waals surface area contributed by atoms with Gasteiger partial charge in [0, 0.05) is 26.2 Å². The molecule has 0 atom stereocenters. The lowest BCUT2D eigenvalue weighted by Gasteiger charge is -2.28. The highest BCUT2D eigenvalue weighted by Crippen LogP contribution is 2.29. The second-order valence-corrected chi connectivity index (χ2v) is 4.24. The molecule has 0 saturated carbocycles. The van der Waals surface area contributed by atoms with E-state index in [-0.39, 0.29) is 0 Å². The number of rotatable bonds is 2. The van der Waals surface area contributed by atoms with Crippen LogP contribution in [0.1, 0.15) is 0 Å². The third-order valence-corrected chi connectivity index (χ3v) is 3.17. The molecule has 1 aliphatic rings. The van der Waals surface area contributed by atoms with Gasteiger partial charge in [0.15, 0.2) is 0 Å². The summed E-state index contributed by atoms with van der Waals surface area (Å²) >= 11 is 12.0. The van der Waals surface area contributed by atoms with Crippen molar-refractivity contribution in [3.8, 4) is 0 Å². The molecule has 5 heteroatoms. The van der Waals surface area contributed by atoms with Crippen LogP contribution >= 0.6 is 23.2 Å². The van der Waals surface area contributed by atoms with E-state index in [1.165, 1.54) is 0 Å². The smallest absolute Gasteiger partial charge is 0.0836 e. The normalized spacial score (nSPS) is 17.7. The highest BCUT2D eigenvalue weighted by atomic mass is 35.5. The summed E-state index contributed by atoms with van der Waals surface area (Å²) in [5.41, 5.74) is 4.13. The second-order valence-electron chi connectivity index (χ2n) is 3.45. The Morgan fingerprint density at radius 3 is 2.67 bits per heavy atom. The maximum atomic E-state index is 6.08. The second kappa shape index (κ2) is 5.03. The van der Waals surface area contributed by atoms with Gasteiger partial charge in [-0.05, 0) is 12.1 Å². The van der Waals surface area contributed by atoms with Crippen LogP contribution in [0.3, 0.4) is 0 Å². The van der Waals surface area contributed by atoms with E-state index in [0.717, 1.165) is 31.9 Å². The Kier molecular flexibility index (Phi) is 3.70. The van der Waals surface area contributed by atoms with Gasteiger partial charge in [-0.1, -0.05) is 29.3 Å². The molecule has 0 unspecified atom stereocenters. The number of halogens is 2. The van der Waals surface area contributed by atoms with Gasteiger partial charge in [-0.25, -0.2) is 5.01 Å². The van der Waals surface area contributed by atoms with Crippen molar-refractivity contribution >= 4 is 28.9 Å². The van der Waals surface area contributed by atoms with E-state index < -0.39 is 0 Å². The molecule has 1 fully saturated rings. The molecule has 2 N–H and O–H groups in total. The van der Waals surface area contributed by atoms with E-state index in [0.29, 0.717) is 10.0 Å². The summed E-state index contributed by atoms with van der Waals surface area (Å²) in [5, 5.41) is 6.58. The first-order valence-corrected chi connectivity index (χ1v) is 5.69. The Labute approximate surface area is 99.3 Å². The van der Waals surface area contributed by atoms with Gasteiger partial charge in [-0.3, -0.25) is 0 Å². The van der Waals surface area contributed by atoms with Gasteiger partial charge in [0.05, 0.1) is 15.7 Å². The van der Waals surface area contributed by atoms with Gasteiger partial charge in [0.1, 0.15) is 0 Å². The van der Waals surface area contributed by atoms with E-state index in [9.17, 15) is 0 Å². The summed E-state index contributed by atoms with van der Waals surface area (Å²) in [5.74, 6) is 0.